The molecule has 1 unspecified atom stereocenters. The van der Waals surface area contributed by atoms with Gasteiger partial charge in [0.1, 0.15) is 6.10 Å². The standard InChI is InChI=1S/C20H20N2O3/c23-19(15-5-2-1-3-6-15)21-16-9-8-14-10-11-22(17(14)13-16)20(24)18-7-4-12-25-18/h1-3,5-6,8-9,13,18H,4,7,10-12H2,(H,21,23). The Kier molecular flexibility index (Phi) is 4.24. The van der Waals surface area contributed by atoms with E-state index in [1.807, 2.05) is 36.4 Å². The lowest BCUT2D eigenvalue weighted by atomic mass is 10.1. The van der Waals surface area contributed by atoms with Gasteiger partial charge in [0.2, 0.25) is 0 Å². The number of nitrogens with one attached hydrogen (secondary N) is 1. The van der Waals surface area contributed by atoms with Crippen LogP contribution in [-0.4, -0.2) is 31.1 Å². The highest BCUT2D eigenvalue weighted by Gasteiger charge is 2.32. The van der Waals surface area contributed by atoms with Crippen LogP contribution in [0.1, 0.15) is 28.8 Å². The van der Waals surface area contributed by atoms with E-state index in [2.05, 4.69) is 5.32 Å². The molecule has 2 aromatic carbocycles. The van der Waals surface area contributed by atoms with Gasteiger partial charge in [-0.15, -0.1) is 0 Å². The molecule has 2 aliphatic rings. The summed E-state index contributed by atoms with van der Waals surface area (Å²) in [6, 6.07) is 14.8. The number of benzene rings is 2. The molecule has 2 aliphatic heterocycles. The molecule has 0 bridgehead atoms. The van der Waals surface area contributed by atoms with Gasteiger partial charge in [0.25, 0.3) is 11.8 Å². The first-order valence-electron chi connectivity index (χ1n) is 8.65. The van der Waals surface area contributed by atoms with Crippen LogP contribution in [0.5, 0.6) is 0 Å². The molecule has 0 saturated carbocycles. The van der Waals surface area contributed by atoms with Crippen molar-refractivity contribution >= 4 is 23.2 Å². The van der Waals surface area contributed by atoms with E-state index < -0.39 is 0 Å². The summed E-state index contributed by atoms with van der Waals surface area (Å²) in [5.41, 5.74) is 3.31. The molecule has 2 heterocycles. The van der Waals surface area contributed by atoms with Crippen molar-refractivity contribution in [3.05, 3.63) is 59.7 Å². The highest BCUT2D eigenvalue weighted by atomic mass is 16.5. The van der Waals surface area contributed by atoms with E-state index in [1.54, 1.807) is 17.0 Å². The Morgan fingerprint density at radius 2 is 1.96 bits per heavy atom. The van der Waals surface area contributed by atoms with Gasteiger partial charge in [0, 0.05) is 30.1 Å². The number of fused-ring (bicyclic) bond motifs is 1. The molecule has 1 atom stereocenters. The summed E-state index contributed by atoms with van der Waals surface area (Å²) in [4.78, 5) is 26.8. The number of carbonyl (C=O) groups is 2. The van der Waals surface area contributed by atoms with Crippen molar-refractivity contribution in [2.24, 2.45) is 0 Å². The Balaban J connectivity index is 1.54. The summed E-state index contributed by atoms with van der Waals surface area (Å²) in [7, 11) is 0. The second-order valence-electron chi connectivity index (χ2n) is 6.41. The highest BCUT2D eigenvalue weighted by molar-refractivity contribution is 6.05. The molecular weight excluding hydrogens is 316 g/mol. The van der Waals surface area contributed by atoms with E-state index in [4.69, 9.17) is 4.74 Å². The Bertz CT molecular complexity index is 798. The normalized spacial score (nSPS) is 18.9. The fourth-order valence-electron chi connectivity index (χ4n) is 3.42. The van der Waals surface area contributed by atoms with Crippen molar-refractivity contribution in [1.82, 2.24) is 0 Å². The van der Waals surface area contributed by atoms with Crippen molar-refractivity contribution in [1.29, 1.82) is 0 Å². The summed E-state index contributed by atoms with van der Waals surface area (Å²) in [5, 5.41) is 2.91. The van der Waals surface area contributed by atoms with E-state index in [-0.39, 0.29) is 17.9 Å². The zero-order chi connectivity index (χ0) is 17.2. The number of anilines is 2. The van der Waals surface area contributed by atoms with Crippen LogP contribution in [0.2, 0.25) is 0 Å². The van der Waals surface area contributed by atoms with Crippen molar-refractivity contribution in [2.75, 3.05) is 23.4 Å². The molecule has 5 heteroatoms. The Morgan fingerprint density at radius 1 is 1.12 bits per heavy atom. The summed E-state index contributed by atoms with van der Waals surface area (Å²) in [5.74, 6) is -0.127. The predicted molar refractivity (Wildman–Crippen MR) is 95.9 cm³/mol. The lowest BCUT2D eigenvalue weighted by Crippen LogP contribution is -2.37. The van der Waals surface area contributed by atoms with E-state index in [9.17, 15) is 9.59 Å². The maximum absolute atomic E-state index is 12.7. The molecule has 2 aromatic rings. The minimum Gasteiger partial charge on any atom is -0.368 e. The minimum absolute atomic E-state index is 0.0304. The van der Waals surface area contributed by atoms with Crippen LogP contribution in [0, 0.1) is 0 Å². The smallest absolute Gasteiger partial charge is 0.256 e. The third-order valence-electron chi connectivity index (χ3n) is 4.75. The lowest BCUT2D eigenvalue weighted by molar-refractivity contribution is -0.127. The van der Waals surface area contributed by atoms with E-state index in [0.717, 1.165) is 30.5 Å². The number of ether oxygens (including phenoxy) is 1. The first kappa shape index (κ1) is 15.8. The number of hydrogen-bond acceptors (Lipinski definition) is 3. The molecule has 1 N–H and O–H groups in total. The van der Waals surface area contributed by atoms with Crippen molar-refractivity contribution in [2.45, 2.75) is 25.4 Å². The van der Waals surface area contributed by atoms with Gasteiger partial charge < -0.3 is 15.0 Å². The van der Waals surface area contributed by atoms with Crippen LogP contribution in [0.4, 0.5) is 11.4 Å². The molecule has 25 heavy (non-hydrogen) atoms. The van der Waals surface area contributed by atoms with Crippen LogP contribution in [0.15, 0.2) is 48.5 Å². The monoisotopic (exact) mass is 336 g/mol. The quantitative estimate of drug-likeness (QED) is 0.937. The fraction of sp³-hybridized carbons (Fsp3) is 0.300. The number of hydrogen-bond donors (Lipinski definition) is 1. The average molecular weight is 336 g/mol. The van der Waals surface area contributed by atoms with E-state index in [0.29, 0.717) is 24.4 Å². The summed E-state index contributed by atoms with van der Waals surface area (Å²) in [6.45, 7) is 1.33. The maximum Gasteiger partial charge on any atom is 0.256 e. The van der Waals surface area contributed by atoms with Gasteiger partial charge in [0.05, 0.1) is 0 Å². The first-order chi connectivity index (χ1) is 12.2. The number of rotatable bonds is 3. The largest absolute Gasteiger partial charge is 0.368 e. The number of nitrogens with zero attached hydrogens (tertiary/aromatic N) is 1. The van der Waals surface area contributed by atoms with Gasteiger partial charge in [-0.1, -0.05) is 24.3 Å². The molecule has 4 rings (SSSR count). The van der Waals surface area contributed by atoms with Gasteiger partial charge in [-0.2, -0.15) is 0 Å². The van der Waals surface area contributed by atoms with Gasteiger partial charge in [-0.25, -0.2) is 0 Å². The van der Waals surface area contributed by atoms with Gasteiger partial charge >= 0.3 is 0 Å². The molecule has 0 spiro atoms. The van der Waals surface area contributed by atoms with E-state index >= 15 is 0 Å². The molecule has 5 nitrogen and oxygen atoms in total. The average Bonchev–Trinajstić information content (AvgIpc) is 3.31. The van der Waals surface area contributed by atoms with Gasteiger partial charge in [0.15, 0.2) is 0 Å². The molecular formula is C20H20N2O3. The third kappa shape index (κ3) is 3.15. The summed E-state index contributed by atoms with van der Waals surface area (Å²) >= 11 is 0. The molecule has 0 aromatic heterocycles. The molecule has 1 fully saturated rings. The second kappa shape index (κ2) is 6.69. The van der Waals surface area contributed by atoms with Crippen LogP contribution >= 0.6 is 0 Å². The van der Waals surface area contributed by atoms with Crippen LogP contribution in [0.3, 0.4) is 0 Å². The Hall–Kier alpha value is -2.66. The van der Waals surface area contributed by atoms with Crippen LogP contribution in [-0.2, 0) is 16.0 Å². The minimum atomic E-state index is -0.325. The Morgan fingerprint density at radius 3 is 2.72 bits per heavy atom. The fourth-order valence-corrected chi connectivity index (χ4v) is 3.42. The maximum atomic E-state index is 12.7. The number of carbonyl (C=O) groups excluding carboxylic acids is 2. The van der Waals surface area contributed by atoms with Gasteiger partial charge in [-0.05, 0) is 49.1 Å². The van der Waals surface area contributed by atoms with Gasteiger partial charge in [-0.3, -0.25) is 9.59 Å². The molecule has 0 aliphatic carbocycles. The highest BCUT2D eigenvalue weighted by Crippen LogP contribution is 2.32. The van der Waals surface area contributed by atoms with Crippen LogP contribution in [0.25, 0.3) is 0 Å². The third-order valence-corrected chi connectivity index (χ3v) is 4.75. The number of amides is 2. The second-order valence-corrected chi connectivity index (χ2v) is 6.41. The first-order valence-corrected chi connectivity index (χ1v) is 8.65. The molecule has 0 radical (unpaired) electrons. The van der Waals surface area contributed by atoms with E-state index in [1.165, 1.54) is 0 Å². The zero-order valence-corrected chi connectivity index (χ0v) is 13.9. The predicted octanol–water partition coefficient (Wildman–Crippen LogP) is 3.01. The zero-order valence-electron chi connectivity index (χ0n) is 13.9. The molecule has 2 amide bonds. The van der Waals surface area contributed by atoms with Crippen molar-refractivity contribution in [3.63, 3.8) is 0 Å². The SMILES string of the molecule is O=C(Nc1ccc2c(c1)N(C(=O)C1CCCO1)CC2)c1ccccc1. The van der Waals surface area contributed by atoms with Crippen molar-refractivity contribution < 1.29 is 14.3 Å². The molecule has 1 saturated heterocycles. The summed E-state index contributed by atoms with van der Waals surface area (Å²) < 4.78 is 5.53. The molecule has 128 valence electrons. The lowest BCUT2D eigenvalue weighted by Gasteiger charge is -2.21. The topological polar surface area (TPSA) is 58.6 Å². The van der Waals surface area contributed by atoms with Crippen molar-refractivity contribution in [3.8, 4) is 0 Å². The van der Waals surface area contributed by atoms with Crippen LogP contribution < -0.4 is 10.2 Å². The summed E-state index contributed by atoms with van der Waals surface area (Å²) in [6.07, 6.45) is 2.23. The Labute approximate surface area is 146 Å².